The van der Waals surface area contributed by atoms with Crippen molar-refractivity contribution in [2.75, 3.05) is 54.9 Å². The van der Waals surface area contributed by atoms with Crippen molar-refractivity contribution in [3.63, 3.8) is 0 Å². The summed E-state index contributed by atoms with van der Waals surface area (Å²) in [6.07, 6.45) is -2.30. The van der Waals surface area contributed by atoms with Crippen LogP contribution in [0.3, 0.4) is 0 Å². The van der Waals surface area contributed by atoms with E-state index in [9.17, 15) is 56.3 Å². The van der Waals surface area contributed by atoms with Crippen LogP contribution < -0.4 is 21.3 Å². The number of alkyl halides is 3. The number of fused-ring (bicyclic) bond motifs is 2. The summed E-state index contributed by atoms with van der Waals surface area (Å²) in [6.45, 7) is 11.3. The number of rotatable bonds is 8. The third-order valence-corrected chi connectivity index (χ3v) is 19.0. The summed E-state index contributed by atoms with van der Waals surface area (Å²) < 4.78 is 41.4. The highest BCUT2D eigenvalue weighted by Gasteiger charge is 2.50. The Bertz CT molecular complexity index is 2990. The predicted octanol–water partition coefficient (Wildman–Crippen LogP) is 4.33. The molecule has 1 spiro atoms. The maximum atomic E-state index is 15.1. The van der Waals surface area contributed by atoms with Crippen LogP contribution in [0.5, 0.6) is 0 Å². The number of carbonyl (C=O) groups is 11. The van der Waals surface area contributed by atoms with Crippen molar-refractivity contribution >= 4 is 76.6 Å². The van der Waals surface area contributed by atoms with E-state index < -0.39 is 160 Å². The molecule has 4 fully saturated rings. The molecule has 90 heavy (non-hydrogen) atoms. The Morgan fingerprint density at radius 2 is 1.23 bits per heavy atom. The fourth-order valence-corrected chi connectivity index (χ4v) is 13.0. The first-order valence-corrected chi connectivity index (χ1v) is 31.7. The molecular formula is C64H91ClF3N11O11. The van der Waals surface area contributed by atoms with Gasteiger partial charge in [0, 0.05) is 67.2 Å². The van der Waals surface area contributed by atoms with Gasteiger partial charge >= 0.3 is 6.18 Å². The van der Waals surface area contributed by atoms with Gasteiger partial charge in [-0.3, -0.25) is 52.7 Å². The van der Waals surface area contributed by atoms with Gasteiger partial charge in [0.1, 0.15) is 53.9 Å². The summed E-state index contributed by atoms with van der Waals surface area (Å²) in [5.41, 5.74) is -1.63. The van der Waals surface area contributed by atoms with Crippen LogP contribution in [0, 0.1) is 11.8 Å². The molecule has 0 radical (unpaired) electrons. The number of halogens is 4. The van der Waals surface area contributed by atoms with E-state index >= 15 is 9.59 Å². The van der Waals surface area contributed by atoms with Crippen molar-refractivity contribution in [2.45, 2.75) is 198 Å². The van der Waals surface area contributed by atoms with Crippen molar-refractivity contribution in [1.82, 2.24) is 55.6 Å². The Morgan fingerprint density at radius 1 is 0.633 bits per heavy atom. The van der Waals surface area contributed by atoms with Gasteiger partial charge in [0.2, 0.25) is 65.0 Å². The summed E-state index contributed by atoms with van der Waals surface area (Å²) in [4.78, 5) is 169. The molecule has 4 aliphatic rings. The van der Waals surface area contributed by atoms with Gasteiger partial charge in [0.25, 0.3) is 0 Å². The molecular weight excluding hydrogens is 1190 g/mol. The first-order chi connectivity index (χ1) is 42.2. The van der Waals surface area contributed by atoms with Crippen LogP contribution in [0.2, 0.25) is 5.02 Å². The Kier molecular flexibility index (Phi) is 24.5. The van der Waals surface area contributed by atoms with E-state index in [0.29, 0.717) is 43.2 Å². The number of nitrogens with zero attached hydrogens (tertiary/aromatic N) is 7. The molecule has 3 aliphatic heterocycles. The van der Waals surface area contributed by atoms with E-state index in [1.807, 2.05) is 6.92 Å². The van der Waals surface area contributed by atoms with Crippen molar-refractivity contribution in [3.8, 4) is 0 Å². The molecule has 26 heteroatoms. The monoisotopic (exact) mass is 1280 g/mol. The summed E-state index contributed by atoms with van der Waals surface area (Å²) in [6, 6.07) is 1.54. The van der Waals surface area contributed by atoms with E-state index in [1.165, 1.54) is 84.6 Å². The average molecular weight is 1280 g/mol. The Balaban J connectivity index is 1.38. The zero-order valence-corrected chi connectivity index (χ0v) is 54.7. The second-order valence-electron chi connectivity index (χ2n) is 25.4. The van der Waals surface area contributed by atoms with Crippen molar-refractivity contribution in [2.24, 2.45) is 11.8 Å². The number of amides is 11. The summed E-state index contributed by atoms with van der Waals surface area (Å²) in [5.74, 6) is -7.90. The summed E-state index contributed by atoms with van der Waals surface area (Å²) in [5, 5.41) is 10.9. The standard InChI is InChI=1S/C64H91ClF3N11O11/c1-13-38(4)52-61(89)73(8)36-51(81)78-31-20-24-48(78)59(87)76(11)49(35-42-21-15-14-16-22-42)60(88)75(10)41(7)54(82)70-46(28-26-43-25-27-44(45(65)34-43)64(66,67)68)58(86)79-32-19-23-47(79)56(84)72-63(29-17-18-30-63)62(90)77(12)53(37(2)3)57(85)69-39(5)33-50(80)74(9)40(6)55(83)71-52/h14-16,21-22,25,27,34,37-41,46-49,52-53H,13,17-20,23-24,26,28-33,35-36H2,1-12H3,(H,69,85)(H,70,82)(H,71,83)(H,72,84)/t38-,39+,40-,41+,46-,47-,48-,49-,52-,53-/m0/s1. The molecule has 11 amide bonds. The molecule has 2 aromatic carbocycles. The normalized spacial score (nSPS) is 27.2. The third kappa shape index (κ3) is 16.8. The predicted molar refractivity (Wildman–Crippen MR) is 329 cm³/mol. The highest BCUT2D eigenvalue weighted by atomic mass is 35.5. The first-order valence-electron chi connectivity index (χ1n) is 31.3. The molecule has 496 valence electrons. The third-order valence-electron chi connectivity index (χ3n) is 18.7. The molecule has 4 N–H and O–H groups in total. The van der Waals surface area contributed by atoms with E-state index in [-0.39, 0.29) is 64.5 Å². The highest BCUT2D eigenvalue weighted by Crippen LogP contribution is 2.36. The van der Waals surface area contributed by atoms with Gasteiger partial charge in [-0.1, -0.05) is 95.0 Å². The number of hydrogen-bond donors (Lipinski definition) is 4. The van der Waals surface area contributed by atoms with Crippen LogP contribution in [0.4, 0.5) is 13.2 Å². The van der Waals surface area contributed by atoms with E-state index in [1.54, 1.807) is 58.0 Å². The van der Waals surface area contributed by atoms with Crippen LogP contribution in [0.1, 0.15) is 136 Å². The number of benzene rings is 2. The molecule has 1 saturated carbocycles. The number of nitrogens with one attached hydrogen (secondary N) is 4. The zero-order chi connectivity index (χ0) is 66.9. The Morgan fingerprint density at radius 3 is 1.83 bits per heavy atom. The lowest BCUT2D eigenvalue weighted by Gasteiger charge is -2.39. The number of hydrogen-bond acceptors (Lipinski definition) is 11. The van der Waals surface area contributed by atoms with Crippen molar-refractivity contribution in [3.05, 3.63) is 70.2 Å². The molecule has 0 unspecified atom stereocenters. The highest BCUT2D eigenvalue weighted by molar-refractivity contribution is 6.31. The maximum Gasteiger partial charge on any atom is 0.417 e. The lowest BCUT2D eigenvalue weighted by molar-refractivity contribution is -0.152. The smallest absolute Gasteiger partial charge is 0.351 e. The van der Waals surface area contributed by atoms with Crippen LogP contribution in [-0.2, 0) is 71.8 Å². The Labute approximate surface area is 531 Å². The first kappa shape index (κ1) is 71.8. The van der Waals surface area contributed by atoms with Gasteiger partial charge in [-0.2, -0.15) is 13.2 Å². The fourth-order valence-electron chi connectivity index (χ4n) is 12.7. The average Bonchev–Trinajstić information content (AvgIpc) is 3.36. The van der Waals surface area contributed by atoms with Gasteiger partial charge < -0.3 is 55.6 Å². The van der Waals surface area contributed by atoms with Gasteiger partial charge in [-0.05, 0) is 107 Å². The minimum absolute atomic E-state index is 0.0328. The minimum Gasteiger partial charge on any atom is -0.351 e. The van der Waals surface area contributed by atoms with Crippen LogP contribution in [-0.4, -0.2) is 214 Å². The van der Waals surface area contributed by atoms with Crippen molar-refractivity contribution in [1.29, 1.82) is 0 Å². The number of carbonyl (C=O) groups excluding carboxylic acids is 11. The molecule has 22 nitrogen and oxygen atoms in total. The largest absolute Gasteiger partial charge is 0.417 e. The summed E-state index contributed by atoms with van der Waals surface area (Å²) in [7, 11) is 7.08. The maximum absolute atomic E-state index is 15.1. The number of aryl methyl sites for hydroxylation is 1. The second kappa shape index (κ2) is 30.7. The molecule has 0 bridgehead atoms. The quantitative estimate of drug-likeness (QED) is 0.289. The van der Waals surface area contributed by atoms with E-state index in [0.717, 1.165) is 17.0 Å². The number of likely N-dealkylation sites (N-methyl/N-ethyl adjacent to an activating group) is 5. The molecule has 0 aromatic heterocycles. The molecule has 1 aliphatic carbocycles. The minimum atomic E-state index is -4.75. The van der Waals surface area contributed by atoms with Gasteiger partial charge in [0.05, 0.1) is 17.1 Å². The topological polar surface area (TPSA) is 259 Å². The van der Waals surface area contributed by atoms with Crippen LogP contribution in [0.15, 0.2) is 48.5 Å². The molecule has 3 heterocycles. The van der Waals surface area contributed by atoms with E-state index in [4.69, 9.17) is 11.6 Å². The van der Waals surface area contributed by atoms with Gasteiger partial charge in [-0.25, -0.2) is 0 Å². The second-order valence-corrected chi connectivity index (χ2v) is 25.8. The van der Waals surface area contributed by atoms with E-state index in [2.05, 4.69) is 21.3 Å². The zero-order valence-electron chi connectivity index (χ0n) is 53.9. The van der Waals surface area contributed by atoms with Gasteiger partial charge in [0.15, 0.2) is 0 Å². The lowest BCUT2D eigenvalue weighted by Crippen LogP contribution is -2.64. The lowest BCUT2D eigenvalue weighted by atomic mass is 9.92. The molecule has 6 rings (SSSR count). The SMILES string of the molecule is CC[C@H](C)[C@@H]1NC(=O)[C@H](C)N(C)C(=O)C[C@@H](C)NC(=O)[C@H](C(C)C)N(C)C(=O)C2(CCCC2)NC(=O)[C@@H]2CCCN2C(=O)[C@H](CCc2ccc(C(F)(F)F)c(Cl)c2)NC(=O)[C@@H](C)N(C)C(=O)[C@H](Cc2ccccc2)N(C)C(=O)[C@@H]2CCCN2C(=O)CN(C)C1=O. The molecule has 3 saturated heterocycles. The van der Waals surface area contributed by atoms with Crippen LogP contribution >= 0.6 is 11.6 Å². The van der Waals surface area contributed by atoms with Crippen molar-refractivity contribution < 1.29 is 65.9 Å². The molecule has 2 aromatic rings. The fraction of sp³-hybridized carbons (Fsp3) is 0.641. The van der Waals surface area contributed by atoms with Crippen LogP contribution in [0.25, 0.3) is 0 Å². The summed E-state index contributed by atoms with van der Waals surface area (Å²) >= 11 is 6.13. The van der Waals surface area contributed by atoms with Gasteiger partial charge in [-0.15, -0.1) is 0 Å². The molecule has 10 atom stereocenters. The Hall–Kier alpha value is -7.31.